The molecule has 3 rings (SSSR count). The average Bonchev–Trinajstić information content (AvgIpc) is 2.63. The number of hydrogen-bond donors (Lipinski definition) is 1. The van der Waals surface area contributed by atoms with Crippen LogP contribution in [0.3, 0.4) is 0 Å². The van der Waals surface area contributed by atoms with Crippen LogP contribution in [0.5, 0.6) is 0 Å². The lowest BCUT2D eigenvalue weighted by molar-refractivity contribution is 0.0532. The van der Waals surface area contributed by atoms with Crippen LogP contribution in [0.15, 0.2) is 24.3 Å². The Morgan fingerprint density at radius 3 is 2.44 bits per heavy atom. The molecule has 0 radical (unpaired) electrons. The standard InChI is InChI=1S/C20H32N4O/c1-16-4-3-9-24(19(16)14-21)20(25)18-7-5-17(6-8-18)15-23-12-10-22(2)11-13-23/h5-8,16,19H,3-4,9-15,21H2,1-2H3/t16-,19-/m1/s1. The minimum atomic E-state index is 0.133. The second kappa shape index (κ2) is 8.30. The van der Waals surface area contributed by atoms with Crippen LogP contribution in [-0.4, -0.2) is 73.0 Å². The molecule has 0 saturated carbocycles. The van der Waals surface area contributed by atoms with Gasteiger partial charge in [-0.25, -0.2) is 0 Å². The van der Waals surface area contributed by atoms with Gasteiger partial charge in [0.15, 0.2) is 0 Å². The van der Waals surface area contributed by atoms with Gasteiger partial charge in [-0.3, -0.25) is 9.69 Å². The van der Waals surface area contributed by atoms with E-state index in [1.807, 2.05) is 17.0 Å². The molecule has 2 fully saturated rings. The first-order valence-corrected chi connectivity index (χ1v) is 9.59. The summed E-state index contributed by atoms with van der Waals surface area (Å²) in [5, 5.41) is 0. The van der Waals surface area contributed by atoms with Crippen molar-refractivity contribution < 1.29 is 4.79 Å². The normalized spacial score (nSPS) is 26.0. The van der Waals surface area contributed by atoms with Crippen molar-refractivity contribution >= 4 is 5.91 Å². The maximum absolute atomic E-state index is 12.9. The van der Waals surface area contributed by atoms with E-state index in [9.17, 15) is 4.79 Å². The SMILES string of the molecule is C[C@@H]1CCCN(C(=O)c2ccc(CN3CCN(C)CC3)cc2)[C@@H]1CN. The molecule has 5 heteroatoms. The molecule has 25 heavy (non-hydrogen) atoms. The predicted octanol–water partition coefficient (Wildman–Crippen LogP) is 1.63. The average molecular weight is 345 g/mol. The molecule has 0 aliphatic carbocycles. The van der Waals surface area contributed by atoms with E-state index in [0.29, 0.717) is 12.5 Å². The van der Waals surface area contributed by atoms with Crippen molar-refractivity contribution in [3.05, 3.63) is 35.4 Å². The summed E-state index contributed by atoms with van der Waals surface area (Å²) in [6.07, 6.45) is 2.24. The van der Waals surface area contributed by atoms with E-state index < -0.39 is 0 Å². The lowest BCUT2D eigenvalue weighted by Gasteiger charge is -2.39. The van der Waals surface area contributed by atoms with Gasteiger partial charge in [0.2, 0.25) is 0 Å². The molecule has 2 aliphatic heterocycles. The fourth-order valence-corrected chi connectivity index (χ4v) is 4.04. The number of likely N-dealkylation sites (N-methyl/N-ethyl adjacent to an activating group) is 1. The summed E-state index contributed by atoms with van der Waals surface area (Å²) in [6.45, 7) is 9.03. The highest BCUT2D eigenvalue weighted by Crippen LogP contribution is 2.24. The van der Waals surface area contributed by atoms with Crippen LogP contribution in [0, 0.1) is 5.92 Å². The van der Waals surface area contributed by atoms with Gasteiger partial charge in [-0.1, -0.05) is 19.1 Å². The van der Waals surface area contributed by atoms with Crippen molar-refractivity contribution in [2.24, 2.45) is 11.7 Å². The Labute approximate surface area is 151 Å². The Balaban J connectivity index is 1.62. The summed E-state index contributed by atoms with van der Waals surface area (Å²) in [6, 6.07) is 8.36. The van der Waals surface area contributed by atoms with Gasteiger partial charge in [-0.2, -0.15) is 0 Å². The van der Waals surface area contributed by atoms with Crippen molar-refractivity contribution in [2.75, 3.05) is 46.3 Å². The van der Waals surface area contributed by atoms with Crippen molar-refractivity contribution in [1.29, 1.82) is 0 Å². The van der Waals surface area contributed by atoms with E-state index in [1.54, 1.807) is 0 Å². The van der Waals surface area contributed by atoms with Crippen molar-refractivity contribution in [2.45, 2.75) is 32.4 Å². The summed E-state index contributed by atoms with van der Waals surface area (Å²) < 4.78 is 0. The van der Waals surface area contributed by atoms with Crippen LogP contribution in [0.25, 0.3) is 0 Å². The number of amides is 1. The van der Waals surface area contributed by atoms with Crippen LogP contribution >= 0.6 is 0 Å². The Morgan fingerprint density at radius 2 is 1.80 bits per heavy atom. The first-order valence-electron chi connectivity index (χ1n) is 9.59. The van der Waals surface area contributed by atoms with Crippen LogP contribution in [0.4, 0.5) is 0 Å². The third-order valence-electron chi connectivity index (χ3n) is 5.82. The first-order chi connectivity index (χ1) is 12.1. The fraction of sp³-hybridized carbons (Fsp3) is 0.650. The number of piperazine rings is 1. The molecule has 0 aromatic heterocycles. The molecular formula is C20H32N4O. The molecular weight excluding hydrogens is 312 g/mol. The lowest BCUT2D eigenvalue weighted by Crippen LogP contribution is -2.51. The quantitative estimate of drug-likeness (QED) is 0.902. The van der Waals surface area contributed by atoms with E-state index in [4.69, 9.17) is 5.73 Å². The van der Waals surface area contributed by atoms with Gasteiger partial charge < -0.3 is 15.5 Å². The van der Waals surface area contributed by atoms with Gasteiger partial charge in [0.1, 0.15) is 0 Å². The fourth-order valence-electron chi connectivity index (χ4n) is 4.04. The Hall–Kier alpha value is -1.43. The molecule has 0 unspecified atom stereocenters. The van der Waals surface area contributed by atoms with Crippen LogP contribution in [0.2, 0.25) is 0 Å². The summed E-state index contributed by atoms with van der Waals surface area (Å²) in [7, 11) is 2.17. The second-order valence-electron chi connectivity index (χ2n) is 7.70. The molecule has 2 saturated heterocycles. The van der Waals surface area contributed by atoms with Crippen molar-refractivity contribution in [3.8, 4) is 0 Å². The van der Waals surface area contributed by atoms with Crippen molar-refractivity contribution in [3.63, 3.8) is 0 Å². The van der Waals surface area contributed by atoms with Crippen LogP contribution in [0.1, 0.15) is 35.7 Å². The number of carbonyl (C=O) groups excluding carboxylic acids is 1. The van der Waals surface area contributed by atoms with Crippen LogP contribution in [-0.2, 0) is 6.54 Å². The predicted molar refractivity (Wildman–Crippen MR) is 101 cm³/mol. The minimum absolute atomic E-state index is 0.133. The highest BCUT2D eigenvalue weighted by Gasteiger charge is 2.31. The molecule has 5 nitrogen and oxygen atoms in total. The molecule has 0 spiro atoms. The minimum Gasteiger partial charge on any atom is -0.334 e. The molecule has 2 heterocycles. The van der Waals surface area contributed by atoms with Gasteiger partial charge in [0.05, 0.1) is 0 Å². The topological polar surface area (TPSA) is 52.8 Å². The van der Waals surface area contributed by atoms with E-state index in [2.05, 4.69) is 35.9 Å². The Morgan fingerprint density at radius 1 is 1.12 bits per heavy atom. The summed E-state index contributed by atoms with van der Waals surface area (Å²) in [4.78, 5) is 19.7. The highest BCUT2D eigenvalue weighted by atomic mass is 16.2. The van der Waals surface area contributed by atoms with Gasteiger partial charge >= 0.3 is 0 Å². The van der Waals surface area contributed by atoms with E-state index in [1.165, 1.54) is 5.56 Å². The Bertz CT molecular complexity index is 566. The number of hydrogen-bond acceptors (Lipinski definition) is 4. The molecule has 1 aromatic rings. The maximum Gasteiger partial charge on any atom is 0.254 e. The molecule has 2 N–H and O–H groups in total. The smallest absolute Gasteiger partial charge is 0.254 e. The van der Waals surface area contributed by atoms with Gasteiger partial charge in [-0.05, 0) is 43.5 Å². The highest BCUT2D eigenvalue weighted by molar-refractivity contribution is 5.94. The summed E-state index contributed by atoms with van der Waals surface area (Å²) >= 11 is 0. The number of likely N-dealkylation sites (tertiary alicyclic amines) is 1. The molecule has 138 valence electrons. The van der Waals surface area contributed by atoms with Gasteiger partial charge in [-0.15, -0.1) is 0 Å². The zero-order valence-corrected chi connectivity index (χ0v) is 15.7. The number of benzene rings is 1. The molecule has 2 aliphatic rings. The van der Waals surface area contributed by atoms with E-state index in [0.717, 1.165) is 57.7 Å². The third-order valence-corrected chi connectivity index (χ3v) is 5.82. The Kier molecular flexibility index (Phi) is 6.10. The first kappa shape index (κ1) is 18.4. The summed E-state index contributed by atoms with van der Waals surface area (Å²) in [5.74, 6) is 0.618. The van der Waals surface area contributed by atoms with Crippen molar-refractivity contribution in [1.82, 2.24) is 14.7 Å². The number of nitrogens with two attached hydrogens (primary N) is 1. The number of nitrogens with zero attached hydrogens (tertiary/aromatic N) is 3. The zero-order chi connectivity index (χ0) is 17.8. The van der Waals surface area contributed by atoms with Crippen LogP contribution < -0.4 is 5.73 Å². The van der Waals surface area contributed by atoms with Gasteiger partial charge in [0, 0.05) is 57.4 Å². The largest absolute Gasteiger partial charge is 0.334 e. The second-order valence-corrected chi connectivity index (χ2v) is 7.70. The molecule has 1 amide bonds. The maximum atomic E-state index is 12.9. The molecule has 0 bridgehead atoms. The number of carbonyl (C=O) groups is 1. The lowest BCUT2D eigenvalue weighted by atomic mass is 9.90. The summed E-state index contributed by atoms with van der Waals surface area (Å²) in [5.41, 5.74) is 8.00. The zero-order valence-electron chi connectivity index (χ0n) is 15.7. The van der Waals surface area contributed by atoms with E-state index in [-0.39, 0.29) is 11.9 Å². The third kappa shape index (κ3) is 4.40. The molecule has 2 atom stereocenters. The number of rotatable bonds is 4. The van der Waals surface area contributed by atoms with Gasteiger partial charge in [0.25, 0.3) is 5.91 Å². The number of piperidine rings is 1. The molecule has 1 aromatic carbocycles. The van der Waals surface area contributed by atoms with E-state index >= 15 is 0 Å². The monoisotopic (exact) mass is 344 g/mol.